The van der Waals surface area contributed by atoms with E-state index in [1.165, 1.54) is 22.3 Å². The van der Waals surface area contributed by atoms with Crippen LogP contribution in [0.3, 0.4) is 0 Å². The van der Waals surface area contributed by atoms with Gasteiger partial charge in [0.2, 0.25) is 0 Å². The Morgan fingerprint density at radius 1 is 1.11 bits per heavy atom. The number of nitrogens with zero attached hydrogens (tertiary/aromatic N) is 1. The Labute approximate surface area is 168 Å². The van der Waals surface area contributed by atoms with Crippen LogP contribution in [0.4, 0.5) is 4.79 Å². The third kappa shape index (κ3) is 3.43. The van der Waals surface area contributed by atoms with Crippen molar-refractivity contribution in [2.75, 3.05) is 13.2 Å². The Hall–Kier alpha value is -2.29. The van der Waals surface area contributed by atoms with Gasteiger partial charge in [-0.1, -0.05) is 75.7 Å². The molecule has 2 aromatic rings. The maximum Gasteiger partial charge on any atom is 0.410 e. The summed E-state index contributed by atoms with van der Waals surface area (Å²) in [4.78, 5) is 15.0. The van der Waals surface area contributed by atoms with Crippen LogP contribution in [0, 0.1) is 11.8 Å². The van der Waals surface area contributed by atoms with Gasteiger partial charge in [-0.3, -0.25) is 0 Å². The van der Waals surface area contributed by atoms with Crippen molar-refractivity contribution in [2.24, 2.45) is 11.8 Å². The Morgan fingerprint density at radius 2 is 1.71 bits per heavy atom. The summed E-state index contributed by atoms with van der Waals surface area (Å²) < 4.78 is 5.92. The maximum absolute atomic E-state index is 13.0. The third-order valence-electron chi connectivity index (χ3n) is 6.52. The van der Waals surface area contributed by atoms with Gasteiger partial charge in [0.25, 0.3) is 0 Å². The van der Waals surface area contributed by atoms with E-state index in [4.69, 9.17) is 4.74 Å². The first-order chi connectivity index (χ1) is 13.6. The molecule has 1 aliphatic heterocycles. The minimum Gasteiger partial charge on any atom is -0.448 e. The highest BCUT2D eigenvalue weighted by molar-refractivity contribution is 5.79. The minimum atomic E-state index is -0.140. The molecule has 1 heterocycles. The van der Waals surface area contributed by atoms with Gasteiger partial charge in [0, 0.05) is 18.5 Å². The molecule has 0 aromatic heterocycles. The van der Waals surface area contributed by atoms with Gasteiger partial charge in [-0.05, 0) is 46.9 Å². The van der Waals surface area contributed by atoms with Crippen molar-refractivity contribution in [3.8, 4) is 11.1 Å². The number of hydrogen-bond acceptors (Lipinski definition) is 2. The molecule has 1 aliphatic carbocycles. The molecule has 3 nitrogen and oxygen atoms in total. The average Bonchev–Trinajstić information content (AvgIpc) is 3.25. The number of rotatable bonds is 5. The number of fused-ring (bicyclic) bond motifs is 3. The molecule has 1 saturated heterocycles. The standard InChI is InChI=1S/C25H31NO2/c1-4-9-18(3)24-14-17(2)15-26(24)25(27)28-16-23-21-12-7-5-10-19(21)20-11-6-8-13-22(20)23/h5-8,10-13,17-18,23-24H,4,9,14-16H2,1-3H3. The molecular formula is C25H31NO2. The fraction of sp³-hybridized carbons (Fsp3) is 0.480. The lowest BCUT2D eigenvalue weighted by Gasteiger charge is -2.29. The Bertz CT molecular complexity index is 800. The number of hydrogen-bond donors (Lipinski definition) is 0. The Kier molecular flexibility index (Phi) is 5.43. The Balaban J connectivity index is 1.49. The quantitative estimate of drug-likeness (QED) is 0.632. The van der Waals surface area contributed by atoms with E-state index >= 15 is 0 Å². The van der Waals surface area contributed by atoms with Crippen molar-refractivity contribution >= 4 is 6.09 Å². The van der Waals surface area contributed by atoms with Gasteiger partial charge in [0.15, 0.2) is 0 Å². The second-order valence-corrected chi connectivity index (χ2v) is 8.63. The maximum atomic E-state index is 13.0. The number of likely N-dealkylation sites (tertiary alicyclic amines) is 1. The zero-order chi connectivity index (χ0) is 19.7. The summed E-state index contributed by atoms with van der Waals surface area (Å²) in [6, 6.07) is 17.3. The summed E-state index contributed by atoms with van der Waals surface area (Å²) in [5.74, 6) is 1.20. The van der Waals surface area contributed by atoms with Crippen LogP contribution in [0.2, 0.25) is 0 Å². The van der Waals surface area contributed by atoms with Crippen molar-refractivity contribution in [3.05, 3.63) is 59.7 Å². The van der Waals surface area contributed by atoms with Crippen molar-refractivity contribution in [3.63, 3.8) is 0 Å². The highest BCUT2D eigenvalue weighted by Crippen LogP contribution is 2.44. The van der Waals surface area contributed by atoms with Crippen LogP contribution >= 0.6 is 0 Å². The van der Waals surface area contributed by atoms with Crippen molar-refractivity contribution in [2.45, 2.75) is 52.0 Å². The second-order valence-electron chi connectivity index (χ2n) is 8.63. The number of carbonyl (C=O) groups excluding carboxylic acids is 1. The molecule has 3 heteroatoms. The molecule has 28 heavy (non-hydrogen) atoms. The molecule has 148 valence electrons. The van der Waals surface area contributed by atoms with Crippen LogP contribution in [-0.2, 0) is 4.74 Å². The van der Waals surface area contributed by atoms with Gasteiger partial charge in [0.1, 0.15) is 6.61 Å². The molecule has 2 aromatic carbocycles. The van der Waals surface area contributed by atoms with E-state index in [9.17, 15) is 4.79 Å². The van der Waals surface area contributed by atoms with Crippen LogP contribution in [-0.4, -0.2) is 30.2 Å². The average molecular weight is 378 g/mol. The van der Waals surface area contributed by atoms with E-state index in [1.807, 2.05) is 4.90 Å². The minimum absolute atomic E-state index is 0.128. The molecule has 0 spiro atoms. The zero-order valence-corrected chi connectivity index (χ0v) is 17.2. The van der Waals surface area contributed by atoms with E-state index in [2.05, 4.69) is 69.3 Å². The third-order valence-corrected chi connectivity index (χ3v) is 6.52. The smallest absolute Gasteiger partial charge is 0.410 e. The fourth-order valence-electron chi connectivity index (χ4n) is 5.16. The second kappa shape index (κ2) is 7.98. The van der Waals surface area contributed by atoms with Crippen LogP contribution in [0.15, 0.2) is 48.5 Å². The first-order valence-corrected chi connectivity index (χ1v) is 10.7. The van der Waals surface area contributed by atoms with E-state index in [-0.39, 0.29) is 12.0 Å². The molecule has 2 aliphatic rings. The summed E-state index contributed by atoms with van der Waals surface area (Å²) in [6.07, 6.45) is 3.26. The fourth-order valence-corrected chi connectivity index (χ4v) is 5.16. The van der Waals surface area contributed by atoms with Crippen LogP contribution in [0.1, 0.15) is 57.1 Å². The lowest BCUT2D eigenvalue weighted by atomic mass is 9.93. The van der Waals surface area contributed by atoms with Gasteiger partial charge in [0.05, 0.1) is 0 Å². The molecule has 0 saturated carbocycles. The summed E-state index contributed by atoms with van der Waals surface area (Å²) in [5.41, 5.74) is 5.07. The normalized spacial score (nSPS) is 22.0. The van der Waals surface area contributed by atoms with E-state index in [0.717, 1.165) is 25.8 Å². The molecule has 0 radical (unpaired) electrons. The van der Waals surface area contributed by atoms with Crippen LogP contribution in [0.25, 0.3) is 11.1 Å². The molecule has 0 N–H and O–H groups in total. The van der Waals surface area contributed by atoms with Gasteiger partial charge < -0.3 is 9.64 Å². The highest BCUT2D eigenvalue weighted by atomic mass is 16.6. The topological polar surface area (TPSA) is 29.5 Å². The lowest BCUT2D eigenvalue weighted by molar-refractivity contribution is 0.0852. The summed E-state index contributed by atoms with van der Waals surface area (Å²) in [7, 11) is 0. The Morgan fingerprint density at radius 3 is 2.32 bits per heavy atom. The largest absolute Gasteiger partial charge is 0.448 e. The van der Waals surface area contributed by atoms with Gasteiger partial charge in [-0.2, -0.15) is 0 Å². The molecular weight excluding hydrogens is 346 g/mol. The predicted octanol–water partition coefficient (Wildman–Crippen LogP) is 6.08. The molecule has 1 amide bonds. The van der Waals surface area contributed by atoms with Gasteiger partial charge in [-0.15, -0.1) is 0 Å². The van der Waals surface area contributed by atoms with E-state index in [1.54, 1.807) is 0 Å². The van der Waals surface area contributed by atoms with E-state index < -0.39 is 0 Å². The predicted molar refractivity (Wildman–Crippen MR) is 113 cm³/mol. The first-order valence-electron chi connectivity index (χ1n) is 10.7. The highest BCUT2D eigenvalue weighted by Gasteiger charge is 2.37. The molecule has 0 bridgehead atoms. The monoisotopic (exact) mass is 377 g/mol. The molecule has 1 fully saturated rings. The van der Waals surface area contributed by atoms with Crippen LogP contribution < -0.4 is 0 Å². The number of amides is 1. The number of benzene rings is 2. The molecule has 3 unspecified atom stereocenters. The van der Waals surface area contributed by atoms with Gasteiger partial charge >= 0.3 is 6.09 Å². The lowest BCUT2D eigenvalue weighted by Crippen LogP contribution is -2.40. The zero-order valence-electron chi connectivity index (χ0n) is 17.2. The van der Waals surface area contributed by atoms with Gasteiger partial charge in [-0.25, -0.2) is 4.79 Å². The summed E-state index contributed by atoms with van der Waals surface area (Å²) in [5, 5.41) is 0. The first kappa shape index (κ1) is 19.0. The van der Waals surface area contributed by atoms with E-state index in [0.29, 0.717) is 24.5 Å². The molecule has 4 rings (SSSR count). The summed E-state index contributed by atoms with van der Waals surface area (Å²) in [6.45, 7) is 7.95. The number of carbonyl (C=O) groups is 1. The van der Waals surface area contributed by atoms with Crippen molar-refractivity contribution in [1.82, 2.24) is 4.90 Å². The SMILES string of the molecule is CCCC(C)C1CC(C)CN1C(=O)OCC1c2ccccc2-c2ccccc21. The number of ether oxygens (including phenoxy) is 1. The van der Waals surface area contributed by atoms with Crippen molar-refractivity contribution < 1.29 is 9.53 Å². The molecule has 3 atom stereocenters. The van der Waals surface area contributed by atoms with Crippen molar-refractivity contribution in [1.29, 1.82) is 0 Å². The van der Waals surface area contributed by atoms with Crippen LogP contribution in [0.5, 0.6) is 0 Å². The summed E-state index contributed by atoms with van der Waals surface area (Å²) >= 11 is 0.